The third kappa shape index (κ3) is 3.88. The average molecular weight is 443 g/mol. The Morgan fingerprint density at radius 1 is 1.07 bits per heavy atom. The summed E-state index contributed by atoms with van der Waals surface area (Å²) in [5, 5.41) is 12.6. The summed E-state index contributed by atoms with van der Waals surface area (Å²) in [5.41, 5.74) is 2.69. The average Bonchev–Trinajstić information content (AvgIpc) is 3.04. The summed E-state index contributed by atoms with van der Waals surface area (Å²) in [6, 6.07) is 12.4. The molecule has 4 rings (SSSR count). The van der Waals surface area contributed by atoms with E-state index in [-0.39, 0.29) is 6.61 Å². The van der Waals surface area contributed by atoms with E-state index in [1.165, 1.54) is 4.57 Å². The lowest BCUT2D eigenvalue weighted by Crippen LogP contribution is -2.26. The molecule has 0 aliphatic rings. The number of halogens is 2. The predicted molar refractivity (Wildman–Crippen MR) is 120 cm³/mol. The molecule has 2 aromatic carbocycles. The first-order valence-corrected chi connectivity index (χ1v) is 10.2. The highest BCUT2D eigenvalue weighted by Crippen LogP contribution is 2.34. The van der Waals surface area contributed by atoms with Gasteiger partial charge < -0.3 is 9.84 Å². The summed E-state index contributed by atoms with van der Waals surface area (Å²) in [7, 11) is 0. The number of hydrogen-bond donors (Lipinski definition) is 1. The van der Waals surface area contributed by atoms with Gasteiger partial charge in [0.2, 0.25) is 0 Å². The Hall–Kier alpha value is -2.60. The summed E-state index contributed by atoms with van der Waals surface area (Å²) >= 11 is 12.4. The summed E-state index contributed by atoms with van der Waals surface area (Å²) in [4.78, 5) is 17.6. The molecule has 7 heteroatoms. The number of ether oxygens (including phenoxy) is 1. The molecule has 0 atom stereocenters. The van der Waals surface area contributed by atoms with Gasteiger partial charge in [0, 0.05) is 32.6 Å². The van der Waals surface area contributed by atoms with Crippen LogP contribution >= 0.6 is 23.2 Å². The highest BCUT2D eigenvalue weighted by atomic mass is 35.5. The van der Waals surface area contributed by atoms with Crippen LogP contribution in [0.25, 0.3) is 33.1 Å². The van der Waals surface area contributed by atoms with E-state index < -0.39 is 11.7 Å². The molecule has 1 N–H and O–H groups in total. The standard InChI is InChI=1S/C23H20Cl2N2O3/c1-23(2,3)30-22(29)27-11-18(17-9-14(24)5-7-21(17)27)19-8-13(12-28)16-6-4-15(25)10-20(16)26-19/h4-11,28H,12H2,1-3H3. The van der Waals surface area contributed by atoms with E-state index in [1.807, 2.05) is 32.9 Å². The van der Waals surface area contributed by atoms with E-state index >= 15 is 0 Å². The van der Waals surface area contributed by atoms with Gasteiger partial charge in [-0.2, -0.15) is 0 Å². The van der Waals surface area contributed by atoms with Gasteiger partial charge in [0.15, 0.2) is 0 Å². The summed E-state index contributed by atoms with van der Waals surface area (Å²) in [6.07, 6.45) is 1.20. The van der Waals surface area contributed by atoms with E-state index in [2.05, 4.69) is 0 Å². The number of nitrogens with zero attached hydrogens (tertiary/aromatic N) is 2. The van der Waals surface area contributed by atoms with Crippen molar-refractivity contribution in [2.75, 3.05) is 0 Å². The van der Waals surface area contributed by atoms with E-state index in [4.69, 9.17) is 32.9 Å². The molecule has 0 aliphatic carbocycles. The van der Waals surface area contributed by atoms with Crippen molar-refractivity contribution in [3.05, 3.63) is 64.3 Å². The second-order valence-electron chi connectivity index (χ2n) is 8.04. The first-order valence-electron chi connectivity index (χ1n) is 9.40. The van der Waals surface area contributed by atoms with E-state index in [9.17, 15) is 9.90 Å². The third-order valence-corrected chi connectivity index (χ3v) is 5.13. The fraction of sp³-hybridized carbons (Fsp3) is 0.217. The van der Waals surface area contributed by atoms with Gasteiger partial charge >= 0.3 is 6.09 Å². The van der Waals surface area contributed by atoms with Crippen LogP contribution in [0.5, 0.6) is 0 Å². The zero-order valence-corrected chi connectivity index (χ0v) is 18.3. The fourth-order valence-electron chi connectivity index (χ4n) is 3.41. The second kappa shape index (κ2) is 7.58. The van der Waals surface area contributed by atoms with Gasteiger partial charge in [0.25, 0.3) is 0 Å². The van der Waals surface area contributed by atoms with Crippen LogP contribution in [-0.4, -0.2) is 26.4 Å². The smallest absolute Gasteiger partial charge is 0.419 e. The fourth-order valence-corrected chi connectivity index (χ4v) is 3.75. The molecule has 0 saturated heterocycles. The Morgan fingerprint density at radius 3 is 2.47 bits per heavy atom. The van der Waals surface area contributed by atoms with Gasteiger partial charge in [-0.15, -0.1) is 0 Å². The van der Waals surface area contributed by atoms with Gasteiger partial charge in [-0.1, -0.05) is 29.3 Å². The monoisotopic (exact) mass is 442 g/mol. The molecule has 5 nitrogen and oxygen atoms in total. The minimum Gasteiger partial charge on any atom is -0.443 e. The topological polar surface area (TPSA) is 64.3 Å². The number of carbonyl (C=O) groups is 1. The third-order valence-electron chi connectivity index (χ3n) is 4.66. The van der Waals surface area contributed by atoms with Crippen LogP contribution in [0.1, 0.15) is 26.3 Å². The number of hydrogen-bond acceptors (Lipinski definition) is 4. The highest BCUT2D eigenvalue weighted by molar-refractivity contribution is 6.32. The summed E-state index contributed by atoms with van der Waals surface area (Å²) < 4.78 is 7.01. The largest absolute Gasteiger partial charge is 0.443 e. The molecular formula is C23H20Cl2N2O3. The molecule has 0 radical (unpaired) electrons. The van der Waals surface area contributed by atoms with Crippen LogP contribution < -0.4 is 0 Å². The number of aromatic nitrogens is 2. The molecule has 30 heavy (non-hydrogen) atoms. The van der Waals surface area contributed by atoms with Crippen LogP contribution in [0.15, 0.2) is 48.7 Å². The van der Waals surface area contributed by atoms with Crippen molar-refractivity contribution in [2.24, 2.45) is 0 Å². The first-order chi connectivity index (χ1) is 14.2. The molecule has 0 spiro atoms. The zero-order chi connectivity index (χ0) is 21.6. The number of benzene rings is 2. The van der Waals surface area contributed by atoms with Crippen LogP contribution in [0.2, 0.25) is 10.0 Å². The summed E-state index contributed by atoms with van der Waals surface area (Å²) in [6.45, 7) is 5.29. The Labute approximate surface area is 183 Å². The summed E-state index contributed by atoms with van der Waals surface area (Å²) in [5.74, 6) is 0. The Morgan fingerprint density at radius 2 is 1.77 bits per heavy atom. The van der Waals surface area contributed by atoms with Crippen molar-refractivity contribution < 1.29 is 14.6 Å². The molecule has 154 valence electrons. The minimum atomic E-state index is -0.637. The molecule has 2 heterocycles. The number of fused-ring (bicyclic) bond motifs is 2. The number of carbonyl (C=O) groups excluding carboxylic acids is 1. The van der Waals surface area contributed by atoms with E-state index in [1.54, 1.807) is 36.5 Å². The molecule has 0 aliphatic heterocycles. The molecule has 4 aromatic rings. The first kappa shape index (κ1) is 20.7. The van der Waals surface area contributed by atoms with Gasteiger partial charge in [-0.05, 0) is 62.7 Å². The maximum absolute atomic E-state index is 12.8. The van der Waals surface area contributed by atoms with Crippen LogP contribution in [0, 0.1) is 0 Å². The Balaban J connectivity index is 1.97. The molecule has 2 aromatic heterocycles. The van der Waals surface area contributed by atoms with Crippen molar-refractivity contribution in [3.63, 3.8) is 0 Å². The zero-order valence-electron chi connectivity index (χ0n) is 16.7. The van der Waals surface area contributed by atoms with Crippen molar-refractivity contribution in [3.8, 4) is 11.3 Å². The molecule has 0 unspecified atom stereocenters. The van der Waals surface area contributed by atoms with Crippen molar-refractivity contribution >= 4 is 51.1 Å². The minimum absolute atomic E-state index is 0.154. The number of aliphatic hydroxyl groups is 1. The van der Waals surface area contributed by atoms with Crippen LogP contribution in [0.4, 0.5) is 4.79 Å². The number of pyridine rings is 1. The lowest BCUT2D eigenvalue weighted by molar-refractivity contribution is 0.0544. The Bertz CT molecular complexity index is 1290. The highest BCUT2D eigenvalue weighted by Gasteiger charge is 2.22. The van der Waals surface area contributed by atoms with E-state index in [0.717, 1.165) is 10.8 Å². The molecule has 0 saturated carbocycles. The van der Waals surface area contributed by atoms with Gasteiger partial charge in [-0.3, -0.25) is 4.57 Å². The lowest BCUT2D eigenvalue weighted by Gasteiger charge is -2.19. The van der Waals surface area contributed by atoms with Gasteiger partial charge in [-0.25, -0.2) is 9.78 Å². The molecule has 0 amide bonds. The van der Waals surface area contributed by atoms with Crippen LogP contribution in [0.3, 0.4) is 0 Å². The molecule has 0 bridgehead atoms. The van der Waals surface area contributed by atoms with Gasteiger partial charge in [0.1, 0.15) is 5.60 Å². The van der Waals surface area contributed by atoms with Crippen molar-refractivity contribution in [1.82, 2.24) is 9.55 Å². The maximum Gasteiger partial charge on any atom is 0.419 e. The molecule has 0 fully saturated rings. The Kier molecular flexibility index (Phi) is 5.22. The number of aliphatic hydroxyl groups excluding tert-OH is 1. The quantitative estimate of drug-likeness (QED) is 0.387. The van der Waals surface area contributed by atoms with Crippen molar-refractivity contribution in [1.29, 1.82) is 0 Å². The number of rotatable bonds is 2. The predicted octanol–water partition coefficient (Wildman–Crippen LogP) is 6.44. The lowest BCUT2D eigenvalue weighted by atomic mass is 10.0. The normalized spacial score (nSPS) is 11.9. The van der Waals surface area contributed by atoms with E-state index in [0.29, 0.717) is 37.9 Å². The van der Waals surface area contributed by atoms with Gasteiger partial charge in [0.05, 0.1) is 23.3 Å². The maximum atomic E-state index is 12.8. The molecular weight excluding hydrogens is 423 g/mol. The van der Waals surface area contributed by atoms with Crippen LogP contribution in [-0.2, 0) is 11.3 Å². The SMILES string of the molecule is CC(C)(C)OC(=O)n1cc(-c2cc(CO)c3ccc(Cl)cc3n2)c2cc(Cl)ccc21. The van der Waals surface area contributed by atoms with Crippen molar-refractivity contribution in [2.45, 2.75) is 33.0 Å². The second-order valence-corrected chi connectivity index (χ2v) is 8.91.